The lowest BCUT2D eigenvalue weighted by molar-refractivity contribution is 0.0745. The van der Waals surface area contributed by atoms with Gasteiger partial charge in [-0.25, -0.2) is 8.42 Å². The third-order valence-corrected chi connectivity index (χ3v) is 8.42. The van der Waals surface area contributed by atoms with Crippen LogP contribution < -0.4 is 0 Å². The molecule has 2 aliphatic rings. The molecule has 6 heteroatoms. The van der Waals surface area contributed by atoms with Gasteiger partial charge in [-0.05, 0) is 56.2 Å². The lowest BCUT2D eigenvalue weighted by atomic mass is 9.96. The Kier molecular flexibility index (Phi) is 4.78. The number of rotatable bonds is 2. The summed E-state index contributed by atoms with van der Waals surface area (Å²) < 4.78 is 26.4. The third-order valence-electron chi connectivity index (χ3n) is 6.57. The van der Waals surface area contributed by atoms with Crippen molar-refractivity contribution in [1.29, 1.82) is 0 Å². The standard InChI is InChI=1S/C26H23NO4S/c1-16-7-9-18(10-8-16)20-13-17(2)27(15-20)26(29)19-11-12-22-24(14-19)32(30,31)23-6-4-3-5-21(23)25(22)28/h3-12,14,17,20H,13,15H2,1-2H3. The van der Waals surface area contributed by atoms with Crippen LogP contribution in [0.3, 0.4) is 0 Å². The number of fused-ring (bicyclic) bond motifs is 2. The number of hydrogen-bond donors (Lipinski definition) is 0. The highest BCUT2D eigenvalue weighted by molar-refractivity contribution is 7.91. The van der Waals surface area contributed by atoms with Crippen molar-refractivity contribution in [1.82, 2.24) is 4.90 Å². The number of likely N-dealkylation sites (tertiary alicyclic amines) is 1. The topological polar surface area (TPSA) is 71.5 Å². The molecule has 1 fully saturated rings. The first kappa shape index (κ1) is 20.6. The maximum atomic E-state index is 13.4. The molecular formula is C26H23NO4S. The van der Waals surface area contributed by atoms with Gasteiger partial charge in [0.1, 0.15) is 0 Å². The molecule has 2 atom stereocenters. The summed E-state index contributed by atoms with van der Waals surface area (Å²) in [6, 6.07) is 19.0. The molecule has 5 rings (SSSR count). The van der Waals surface area contributed by atoms with Gasteiger partial charge >= 0.3 is 0 Å². The molecule has 32 heavy (non-hydrogen) atoms. The predicted molar refractivity (Wildman–Crippen MR) is 121 cm³/mol. The van der Waals surface area contributed by atoms with E-state index < -0.39 is 9.84 Å². The first-order valence-electron chi connectivity index (χ1n) is 10.7. The van der Waals surface area contributed by atoms with Gasteiger partial charge in [0.2, 0.25) is 9.84 Å². The summed E-state index contributed by atoms with van der Waals surface area (Å²) in [7, 11) is -3.88. The van der Waals surface area contributed by atoms with E-state index in [0.717, 1.165) is 6.42 Å². The zero-order chi connectivity index (χ0) is 22.6. The van der Waals surface area contributed by atoms with Crippen molar-refractivity contribution >= 4 is 21.5 Å². The highest BCUT2D eigenvalue weighted by Crippen LogP contribution is 2.36. The average Bonchev–Trinajstić information content (AvgIpc) is 3.19. The van der Waals surface area contributed by atoms with E-state index in [2.05, 4.69) is 24.3 Å². The number of ketones is 1. The van der Waals surface area contributed by atoms with Crippen molar-refractivity contribution in [2.75, 3.05) is 6.54 Å². The molecule has 0 bridgehead atoms. The van der Waals surface area contributed by atoms with E-state index >= 15 is 0 Å². The van der Waals surface area contributed by atoms with Crippen LogP contribution in [0.2, 0.25) is 0 Å². The van der Waals surface area contributed by atoms with Gasteiger partial charge in [-0.3, -0.25) is 9.59 Å². The third kappa shape index (κ3) is 3.17. The van der Waals surface area contributed by atoms with Crippen LogP contribution in [0.1, 0.15) is 56.7 Å². The minimum Gasteiger partial charge on any atom is -0.335 e. The van der Waals surface area contributed by atoms with Crippen LogP contribution in [0.15, 0.2) is 76.5 Å². The van der Waals surface area contributed by atoms with Crippen molar-refractivity contribution in [2.24, 2.45) is 0 Å². The number of sulfone groups is 1. The summed E-state index contributed by atoms with van der Waals surface area (Å²) >= 11 is 0. The van der Waals surface area contributed by atoms with E-state index in [-0.39, 0.29) is 50.1 Å². The van der Waals surface area contributed by atoms with Gasteiger partial charge in [0.05, 0.1) is 9.79 Å². The molecule has 0 aromatic heterocycles. The van der Waals surface area contributed by atoms with Crippen LogP contribution in [-0.4, -0.2) is 37.6 Å². The number of carbonyl (C=O) groups is 2. The quantitative estimate of drug-likeness (QED) is 0.459. The Morgan fingerprint density at radius 3 is 2.38 bits per heavy atom. The number of benzene rings is 3. The number of carbonyl (C=O) groups excluding carboxylic acids is 2. The van der Waals surface area contributed by atoms with Gasteiger partial charge in [-0.15, -0.1) is 0 Å². The number of hydrogen-bond acceptors (Lipinski definition) is 4. The Morgan fingerprint density at radius 2 is 1.62 bits per heavy atom. The Bertz CT molecular complexity index is 1360. The monoisotopic (exact) mass is 445 g/mol. The SMILES string of the molecule is Cc1ccc(C2CC(C)N(C(=O)c3ccc4c(c3)S(=O)(=O)c3ccccc3C4=O)C2)cc1. The van der Waals surface area contributed by atoms with Gasteiger partial charge in [0.25, 0.3) is 5.91 Å². The fourth-order valence-electron chi connectivity index (χ4n) is 4.78. The fraction of sp³-hybridized carbons (Fsp3) is 0.231. The summed E-state index contributed by atoms with van der Waals surface area (Å²) in [6.07, 6.45) is 0.851. The van der Waals surface area contributed by atoms with Crippen LogP contribution >= 0.6 is 0 Å². The van der Waals surface area contributed by atoms with Crippen LogP contribution in [0, 0.1) is 6.92 Å². The van der Waals surface area contributed by atoms with Crippen molar-refractivity contribution in [3.63, 3.8) is 0 Å². The van der Waals surface area contributed by atoms with Gasteiger partial charge in [0, 0.05) is 35.2 Å². The summed E-state index contributed by atoms with van der Waals surface area (Å²) in [6.45, 7) is 4.64. The van der Waals surface area contributed by atoms with Crippen LogP contribution in [0.25, 0.3) is 0 Å². The maximum absolute atomic E-state index is 13.4. The van der Waals surface area contributed by atoms with E-state index in [1.54, 1.807) is 23.1 Å². The molecule has 5 nitrogen and oxygen atoms in total. The molecule has 1 amide bonds. The minimum atomic E-state index is -3.88. The van der Waals surface area contributed by atoms with Crippen molar-refractivity contribution < 1.29 is 18.0 Å². The van der Waals surface area contributed by atoms with E-state index in [0.29, 0.717) is 6.54 Å². The molecule has 3 aromatic carbocycles. The first-order chi connectivity index (χ1) is 15.3. The fourth-order valence-corrected chi connectivity index (χ4v) is 6.45. The van der Waals surface area contributed by atoms with E-state index in [9.17, 15) is 18.0 Å². The first-order valence-corrected chi connectivity index (χ1v) is 12.2. The number of aryl methyl sites for hydroxylation is 1. The highest BCUT2D eigenvalue weighted by Gasteiger charge is 2.37. The van der Waals surface area contributed by atoms with Gasteiger partial charge in [0.15, 0.2) is 5.78 Å². The van der Waals surface area contributed by atoms with Gasteiger partial charge in [-0.2, -0.15) is 0 Å². The highest BCUT2D eigenvalue weighted by atomic mass is 32.2. The Labute approximate surface area is 187 Å². The van der Waals surface area contributed by atoms with Crippen LogP contribution in [0.5, 0.6) is 0 Å². The number of nitrogens with zero attached hydrogens (tertiary/aromatic N) is 1. The van der Waals surface area contributed by atoms with Crippen LogP contribution in [0.4, 0.5) is 0 Å². The van der Waals surface area contributed by atoms with E-state index in [4.69, 9.17) is 0 Å². The Morgan fingerprint density at radius 1 is 0.938 bits per heavy atom. The molecule has 2 heterocycles. The molecule has 3 aromatic rings. The molecule has 2 unspecified atom stereocenters. The van der Waals surface area contributed by atoms with Crippen molar-refractivity contribution in [3.05, 3.63) is 94.5 Å². The molecule has 0 spiro atoms. The second kappa shape index (κ2) is 7.41. The normalized spacial score (nSPS) is 21.2. The van der Waals surface area contributed by atoms with Crippen molar-refractivity contribution in [2.45, 2.75) is 42.0 Å². The van der Waals surface area contributed by atoms with Gasteiger partial charge < -0.3 is 4.90 Å². The number of amides is 1. The van der Waals surface area contributed by atoms with Crippen LogP contribution in [-0.2, 0) is 9.84 Å². The molecule has 0 radical (unpaired) electrons. The Hall–Kier alpha value is -3.25. The molecule has 1 saturated heterocycles. The summed E-state index contributed by atoms with van der Waals surface area (Å²) in [4.78, 5) is 27.9. The second-order valence-electron chi connectivity index (χ2n) is 8.69. The zero-order valence-electron chi connectivity index (χ0n) is 17.9. The summed E-state index contributed by atoms with van der Waals surface area (Å²) in [5.41, 5.74) is 2.98. The Balaban J connectivity index is 1.48. The summed E-state index contributed by atoms with van der Waals surface area (Å²) in [5, 5.41) is 0. The van der Waals surface area contributed by atoms with Crippen molar-refractivity contribution in [3.8, 4) is 0 Å². The molecule has 0 aliphatic carbocycles. The zero-order valence-corrected chi connectivity index (χ0v) is 18.7. The maximum Gasteiger partial charge on any atom is 0.254 e. The van der Waals surface area contributed by atoms with E-state index in [1.165, 1.54) is 35.4 Å². The lowest BCUT2D eigenvalue weighted by Gasteiger charge is -2.23. The lowest BCUT2D eigenvalue weighted by Crippen LogP contribution is -2.34. The van der Waals surface area contributed by atoms with E-state index in [1.807, 2.05) is 13.8 Å². The molecule has 2 aliphatic heterocycles. The molecule has 162 valence electrons. The minimum absolute atomic E-state index is 0.00363. The molecule has 0 saturated carbocycles. The average molecular weight is 446 g/mol. The smallest absolute Gasteiger partial charge is 0.254 e. The largest absolute Gasteiger partial charge is 0.335 e. The van der Waals surface area contributed by atoms with Gasteiger partial charge in [-0.1, -0.05) is 42.0 Å². The second-order valence-corrected chi connectivity index (χ2v) is 10.6. The molecule has 0 N–H and O–H groups in total. The summed E-state index contributed by atoms with van der Waals surface area (Å²) in [5.74, 6) is -0.306. The molecular weight excluding hydrogens is 422 g/mol. The predicted octanol–water partition coefficient (Wildman–Crippen LogP) is 4.39.